The molecule has 1 atom stereocenters. The summed E-state index contributed by atoms with van der Waals surface area (Å²) in [4.78, 5) is 0. The van der Waals surface area contributed by atoms with Crippen molar-refractivity contribution >= 4 is 12.4 Å². The van der Waals surface area contributed by atoms with Crippen molar-refractivity contribution < 1.29 is 26.8 Å². The molecule has 1 unspecified atom stereocenters. The van der Waals surface area contributed by atoms with Crippen LogP contribution in [0.4, 0.5) is 17.3 Å². The fourth-order valence-electron chi connectivity index (χ4n) is 2.04. The van der Waals surface area contributed by atoms with Crippen LogP contribution in [-0.4, -0.2) is 26.3 Å². The maximum absolute atomic E-state index is 13.3. The van der Waals surface area contributed by atoms with Crippen molar-refractivity contribution in [2.45, 2.75) is 25.4 Å². The Morgan fingerprint density at radius 1 is 1.32 bits per heavy atom. The molecule has 2 nitrogen and oxygen atoms in total. The van der Waals surface area contributed by atoms with Crippen LogP contribution in [0.15, 0.2) is 18.2 Å². The second-order valence-electron chi connectivity index (χ2n) is 4.53. The average molecular weight is 277 g/mol. The molecule has 1 aromatic carbocycles. The Morgan fingerprint density at radius 3 is 2.68 bits per heavy atom. The molecule has 0 N–H and O–H groups in total. The van der Waals surface area contributed by atoms with E-state index < -0.39 is 18.3 Å². The van der Waals surface area contributed by atoms with E-state index in [9.17, 15) is 17.3 Å². The molecule has 2 rings (SSSR count). The highest BCUT2D eigenvalue weighted by Crippen LogP contribution is 2.19. The Hall–Kier alpha value is -1.24. The molecule has 0 radical (unpaired) electrons. The number of hydrogen-bond donors (Lipinski definition) is 0. The second-order valence-corrected chi connectivity index (χ2v) is 4.53. The van der Waals surface area contributed by atoms with Gasteiger partial charge < -0.3 is 22.4 Å². The normalized spacial score (nSPS) is 19.7. The summed E-state index contributed by atoms with van der Waals surface area (Å²) in [5, 5.41) is 0. The van der Waals surface area contributed by atoms with Gasteiger partial charge in [0.25, 0.3) is 0 Å². The quantitative estimate of drug-likeness (QED) is 0.608. The Balaban J connectivity index is 1.89. The van der Waals surface area contributed by atoms with Crippen LogP contribution in [0, 0.1) is 5.82 Å². The minimum absolute atomic E-state index is 0.110. The average Bonchev–Trinajstić information content (AvgIpc) is 2.80. The van der Waals surface area contributed by atoms with E-state index in [2.05, 4.69) is 0 Å². The number of rotatable bonds is 5. The van der Waals surface area contributed by atoms with Crippen LogP contribution in [0.2, 0.25) is 0 Å². The predicted molar refractivity (Wildman–Crippen MR) is 64.2 cm³/mol. The number of benzene rings is 1. The summed E-state index contributed by atoms with van der Waals surface area (Å²) in [6.45, 7) is -4.28. The first kappa shape index (κ1) is 14.2. The second kappa shape index (κ2) is 5.82. The SMILES string of the molecule is Fc1cc(OCCC2CCCO2)ccc1[B-](F)(F)F. The Kier molecular flexibility index (Phi) is 4.34. The first-order valence-electron chi connectivity index (χ1n) is 6.20. The van der Waals surface area contributed by atoms with Crippen LogP contribution in [0.1, 0.15) is 19.3 Å². The molecule has 0 amide bonds. The van der Waals surface area contributed by atoms with Crippen molar-refractivity contribution in [3.05, 3.63) is 24.0 Å². The van der Waals surface area contributed by atoms with Gasteiger partial charge in [-0.25, -0.2) is 4.39 Å². The Bertz CT molecular complexity index is 430. The van der Waals surface area contributed by atoms with E-state index in [1.807, 2.05) is 0 Å². The fraction of sp³-hybridized carbons (Fsp3) is 0.500. The number of hydrogen-bond acceptors (Lipinski definition) is 2. The third-order valence-electron chi connectivity index (χ3n) is 3.06. The summed E-state index contributed by atoms with van der Waals surface area (Å²) in [7, 11) is 0. The van der Waals surface area contributed by atoms with E-state index in [-0.39, 0.29) is 11.9 Å². The van der Waals surface area contributed by atoms with Crippen molar-refractivity contribution in [3.63, 3.8) is 0 Å². The van der Waals surface area contributed by atoms with E-state index in [1.54, 1.807) is 0 Å². The van der Waals surface area contributed by atoms with Crippen molar-refractivity contribution in [1.29, 1.82) is 0 Å². The third-order valence-corrected chi connectivity index (χ3v) is 3.06. The molecule has 0 aliphatic carbocycles. The van der Waals surface area contributed by atoms with Gasteiger partial charge in [-0.05, 0) is 18.9 Å². The summed E-state index contributed by atoms with van der Waals surface area (Å²) in [5.41, 5.74) is -1.22. The summed E-state index contributed by atoms with van der Waals surface area (Å²) < 4.78 is 61.1. The first-order valence-corrected chi connectivity index (χ1v) is 6.20. The molecule has 1 aliphatic rings. The van der Waals surface area contributed by atoms with Gasteiger partial charge >= 0.3 is 6.98 Å². The molecule has 0 saturated carbocycles. The standard InChI is InChI=1S/C12H14BF4O2/c14-12-8-10(3-4-11(12)13(15,16)17)19-7-5-9-2-1-6-18-9/h3-4,8-9H,1-2,5-7H2/q-1. The van der Waals surface area contributed by atoms with E-state index >= 15 is 0 Å². The third kappa shape index (κ3) is 3.86. The smallest absolute Gasteiger partial charge is 0.493 e. The lowest BCUT2D eigenvalue weighted by Gasteiger charge is -2.17. The lowest BCUT2D eigenvalue weighted by molar-refractivity contribution is 0.0903. The monoisotopic (exact) mass is 277 g/mol. The molecule has 106 valence electrons. The summed E-state index contributed by atoms with van der Waals surface area (Å²) in [6.07, 6.45) is 2.78. The predicted octanol–water partition coefficient (Wildman–Crippen LogP) is 2.83. The van der Waals surface area contributed by atoms with Gasteiger partial charge in [-0.2, -0.15) is 0 Å². The zero-order valence-electron chi connectivity index (χ0n) is 10.3. The van der Waals surface area contributed by atoms with Crippen LogP contribution < -0.4 is 10.2 Å². The van der Waals surface area contributed by atoms with E-state index in [4.69, 9.17) is 9.47 Å². The van der Waals surface area contributed by atoms with Crippen molar-refractivity contribution in [1.82, 2.24) is 0 Å². The highest BCUT2D eigenvalue weighted by Gasteiger charge is 2.29. The van der Waals surface area contributed by atoms with Crippen LogP contribution >= 0.6 is 0 Å². The zero-order chi connectivity index (χ0) is 13.9. The zero-order valence-corrected chi connectivity index (χ0v) is 10.3. The van der Waals surface area contributed by atoms with Crippen molar-refractivity contribution in [2.75, 3.05) is 13.2 Å². The minimum atomic E-state index is -5.32. The largest absolute Gasteiger partial charge is 0.512 e. The summed E-state index contributed by atoms with van der Waals surface area (Å²) >= 11 is 0. The van der Waals surface area contributed by atoms with Crippen molar-refractivity contribution in [3.8, 4) is 5.75 Å². The fourth-order valence-corrected chi connectivity index (χ4v) is 2.04. The van der Waals surface area contributed by atoms with Gasteiger partial charge in [0.15, 0.2) is 0 Å². The van der Waals surface area contributed by atoms with Gasteiger partial charge in [-0.1, -0.05) is 11.5 Å². The van der Waals surface area contributed by atoms with Crippen LogP contribution in [0.3, 0.4) is 0 Å². The number of ether oxygens (including phenoxy) is 2. The molecule has 0 spiro atoms. The molecule has 0 aromatic heterocycles. The highest BCUT2D eigenvalue weighted by molar-refractivity contribution is 6.73. The Morgan fingerprint density at radius 2 is 2.11 bits per heavy atom. The topological polar surface area (TPSA) is 18.5 Å². The van der Waals surface area contributed by atoms with Gasteiger partial charge in [0.2, 0.25) is 0 Å². The summed E-state index contributed by atoms with van der Waals surface area (Å²) in [5.74, 6) is -1.18. The van der Waals surface area contributed by atoms with Gasteiger partial charge in [0.1, 0.15) is 5.75 Å². The molecular weight excluding hydrogens is 263 g/mol. The highest BCUT2D eigenvalue weighted by atomic mass is 19.4. The molecule has 1 aliphatic heterocycles. The molecule has 1 heterocycles. The van der Waals surface area contributed by atoms with Gasteiger partial charge in [-0.3, -0.25) is 0 Å². The lowest BCUT2D eigenvalue weighted by atomic mass is 9.80. The van der Waals surface area contributed by atoms with Crippen LogP contribution in [-0.2, 0) is 4.74 Å². The maximum atomic E-state index is 13.3. The molecule has 1 saturated heterocycles. The van der Waals surface area contributed by atoms with Crippen molar-refractivity contribution in [2.24, 2.45) is 0 Å². The molecular formula is C12H14BF4O2-. The van der Waals surface area contributed by atoms with Gasteiger partial charge in [0.05, 0.1) is 18.5 Å². The number of halogens is 4. The van der Waals surface area contributed by atoms with E-state index in [0.717, 1.165) is 37.6 Å². The summed E-state index contributed by atoms with van der Waals surface area (Å²) in [6, 6.07) is 2.64. The van der Waals surface area contributed by atoms with E-state index in [0.29, 0.717) is 13.0 Å². The molecule has 1 aromatic rings. The minimum Gasteiger partial charge on any atom is -0.493 e. The van der Waals surface area contributed by atoms with Gasteiger partial charge in [-0.15, -0.1) is 0 Å². The van der Waals surface area contributed by atoms with Crippen LogP contribution in [0.5, 0.6) is 5.75 Å². The van der Waals surface area contributed by atoms with E-state index in [1.165, 1.54) is 0 Å². The molecule has 1 fully saturated rings. The molecule has 0 bridgehead atoms. The Labute approximate surface area is 108 Å². The first-order chi connectivity index (χ1) is 8.97. The molecule has 7 heteroatoms. The van der Waals surface area contributed by atoms with Gasteiger partial charge in [0, 0.05) is 19.1 Å². The van der Waals surface area contributed by atoms with Crippen LogP contribution in [0.25, 0.3) is 0 Å². The lowest BCUT2D eigenvalue weighted by Crippen LogP contribution is -2.36. The maximum Gasteiger partial charge on any atom is 0.512 e. The molecule has 19 heavy (non-hydrogen) atoms.